The van der Waals surface area contributed by atoms with E-state index in [1.807, 2.05) is 34.6 Å². The topological polar surface area (TPSA) is 745 Å². The Bertz CT molecular complexity index is 4700. The summed E-state index contributed by atoms with van der Waals surface area (Å²) in [6.45, 7) is 20.7. The first kappa shape index (κ1) is 106. The first-order valence-electron chi connectivity index (χ1n) is 39.6. The standard InChI is InChI=1S/C17H27N3O7.C15H23N3O8.C15H23N3O7.C14H21N3O8.C14H21N3O7/c1-3-5-10(6-4-2)16(23)26-9-11-13(21)14(22)15(27-11)20-8-7-12(19-25)18-17(20)24;1-15(2,3)13(21)25-7-24-6-8-10(19)11(20)12(26-8)18-5-4-9(17-23)16-14(18)22;1-15(2,3)6-10(19)24-7-8-11(20)12(21)13(25-8)18-5-4-9(17-23)16-14(18)22;1-14(2,6-18)12(21)24-5-7-9(19)10(20)11(25-7)17-4-3-8(16-23)15-13(17)22;1-14(2,3)12(20)23-6-7-9(18)10(19)11(24-7)17-5-4-8(16-22)15-13(17)21/h7-8,10-11,13-15,21-22,25H,3-6,9H2,1-2H3,(H,18,19,24);4-5,8,10-12,19-20,23H,6-7H2,1-3H3,(H,16,17,22);4-5,8,11-13,20-21,23H,6-7H2,1-3H3,(H,16,17,22);3-4,7,9-11,18-20,23H,5-6H2,1-2H3,(H,15,16,22);4-5,7,9-11,18-19,22H,6H2,1-3H3,(H,15,16,21)/t11-,13-,14-,15-;8-,10-,11-,12-;8-,11-,12-,13-;2*7-,9-,10-,11-/m11111/s1. The molecule has 0 saturated carbocycles. The van der Waals surface area contributed by atoms with Gasteiger partial charge >= 0.3 is 58.3 Å². The normalized spacial score (nSPS) is 26.2. The molecule has 127 heavy (non-hydrogen) atoms. The van der Waals surface area contributed by atoms with Crippen molar-refractivity contribution in [3.8, 4) is 0 Å². The second-order valence-corrected chi connectivity index (χ2v) is 33.3. The van der Waals surface area contributed by atoms with E-state index >= 15 is 0 Å². The van der Waals surface area contributed by atoms with Crippen molar-refractivity contribution in [3.05, 3.63) is 114 Å². The maximum Gasteiger partial charge on any atom is 0.351 e. The summed E-state index contributed by atoms with van der Waals surface area (Å²) >= 11 is 0. The number of ether oxygens (including phenoxy) is 11. The van der Waals surface area contributed by atoms with Crippen LogP contribution in [0.15, 0.2) is 85.3 Å². The van der Waals surface area contributed by atoms with Crippen LogP contribution in [0.25, 0.3) is 0 Å². The molecule has 52 heteroatoms. The van der Waals surface area contributed by atoms with Gasteiger partial charge in [0.15, 0.2) is 67.0 Å². The quantitative estimate of drug-likeness (QED) is 0.00707. The summed E-state index contributed by atoms with van der Waals surface area (Å²) in [4.78, 5) is 136. The predicted molar refractivity (Wildman–Crippen MR) is 427 cm³/mol. The van der Waals surface area contributed by atoms with Crippen LogP contribution in [0.5, 0.6) is 0 Å². The fraction of sp³-hybridized carbons (Fsp3) is 0.667. The number of aromatic nitrogens is 10. The van der Waals surface area contributed by atoms with E-state index in [-0.39, 0.29) is 92.6 Å². The number of hydrogen-bond donors (Lipinski definition) is 21. The lowest BCUT2D eigenvalue weighted by Crippen LogP contribution is -2.37. The van der Waals surface area contributed by atoms with E-state index in [1.54, 1.807) is 68.9 Å². The van der Waals surface area contributed by atoms with Crippen LogP contribution in [-0.2, 0) is 76.1 Å². The van der Waals surface area contributed by atoms with Crippen LogP contribution < -0.4 is 55.8 Å². The van der Waals surface area contributed by atoms with Gasteiger partial charge in [0.25, 0.3) is 0 Å². The van der Waals surface area contributed by atoms with Gasteiger partial charge in [0.2, 0.25) is 0 Å². The molecule has 712 valence electrons. The molecule has 52 nitrogen and oxygen atoms in total. The van der Waals surface area contributed by atoms with E-state index in [1.165, 1.54) is 75.2 Å². The minimum Gasteiger partial charge on any atom is -0.463 e. The lowest BCUT2D eigenvalue weighted by Gasteiger charge is -2.21. The molecule has 0 bridgehead atoms. The van der Waals surface area contributed by atoms with E-state index in [9.17, 15) is 99.0 Å². The van der Waals surface area contributed by atoms with E-state index in [0.717, 1.165) is 48.5 Å². The number of aliphatic hydroxyl groups is 11. The number of anilines is 5. The van der Waals surface area contributed by atoms with Gasteiger partial charge in [0, 0.05) is 31.0 Å². The predicted octanol–water partition coefficient (Wildman–Crippen LogP) is -3.23. The number of rotatable bonds is 30. The van der Waals surface area contributed by atoms with E-state index < -0.39 is 198 Å². The number of esters is 5. The van der Waals surface area contributed by atoms with Crippen molar-refractivity contribution >= 4 is 58.9 Å². The SMILES string of the molecule is CC(C)(C)C(=O)OCOC[C@H]1O[C@@H](n2ccc(NO)nc2=O)[C@H](O)[C@@H]1O.CC(C)(C)C(=O)OC[C@H]1O[C@@H](n2ccc(NO)nc2=O)[C@H](O)[C@@H]1O.CC(C)(C)CC(=O)OC[C@H]1O[C@@H](n2ccc(NO)nc2=O)[C@H](O)[C@@H]1O.CC(C)(CO)C(=O)OC[C@H]1O[C@@H](n2ccc(NO)nc2=O)[C@H](O)[C@@H]1O.CCCC(CCC)C(=O)OC[C@H]1O[C@@H](n2ccc(NO)nc2=O)[C@H](O)[C@@H]1O. The molecule has 10 heterocycles. The molecular weight excluding hydrogens is 1700 g/mol. The summed E-state index contributed by atoms with van der Waals surface area (Å²) < 4.78 is 62.8. The van der Waals surface area contributed by atoms with Crippen molar-refractivity contribution in [3.63, 3.8) is 0 Å². The van der Waals surface area contributed by atoms with Gasteiger partial charge in [-0.15, -0.1) is 0 Å². The minimum absolute atomic E-state index is 0.0624. The summed E-state index contributed by atoms with van der Waals surface area (Å²) in [6.07, 6.45) is -15.1. The highest BCUT2D eigenvalue weighted by atomic mass is 16.7. The molecular formula is C75H115N15O37. The molecule has 5 fully saturated rings. The third-order valence-electron chi connectivity index (χ3n) is 19.3. The van der Waals surface area contributed by atoms with Gasteiger partial charge in [-0.1, -0.05) is 47.5 Å². The highest BCUT2D eigenvalue weighted by molar-refractivity contribution is 5.76. The van der Waals surface area contributed by atoms with Crippen molar-refractivity contribution < 1.29 is 158 Å². The van der Waals surface area contributed by atoms with Gasteiger partial charge in [0.05, 0.1) is 41.8 Å². The molecule has 0 aromatic carbocycles. The Balaban J connectivity index is 0.000000245. The molecule has 5 aliphatic heterocycles. The monoisotopic (exact) mass is 1820 g/mol. The largest absolute Gasteiger partial charge is 0.463 e. The Morgan fingerprint density at radius 1 is 0.378 bits per heavy atom. The number of nitrogens with zero attached hydrogens (tertiary/aromatic N) is 10. The lowest BCUT2D eigenvalue weighted by atomic mass is 9.92. The van der Waals surface area contributed by atoms with E-state index in [4.69, 9.17) is 83.2 Å². The van der Waals surface area contributed by atoms with Gasteiger partial charge in [-0.05, 0) is 104 Å². The molecule has 5 aromatic rings. The maximum atomic E-state index is 12.2. The van der Waals surface area contributed by atoms with Crippen LogP contribution in [-0.4, -0.2) is 298 Å². The number of aliphatic hydroxyl groups excluding tert-OH is 11. The second kappa shape index (κ2) is 47.3. The fourth-order valence-electron chi connectivity index (χ4n) is 12.1. The van der Waals surface area contributed by atoms with Crippen molar-refractivity contribution in [1.82, 2.24) is 47.8 Å². The molecule has 0 unspecified atom stereocenters. The molecule has 0 spiro atoms. The summed E-state index contributed by atoms with van der Waals surface area (Å²) in [5, 5.41) is 154. The zero-order valence-corrected chi connectivity index (χ0v) is 71.6. The zero-order chi connectivity index (χ0) is 95.1. The molecule has 0 amide bonds. The molecule has 21 N–H and O–H groups in total. The van der Waals surface area contributed by atoms with Crippen molar-refractivity contribution in [2.75, 3.05) is 73.8 Å². The van der Waals surface area contributed by atoms with Crippen LogP contribution in [0, 0.1) is 27.6 Å². The van der Waals surface area contributed by atoms with Crippen LogP contribution in [0.4, 0.5) is 29.1 Å². The van der Waals surface area contributed by atoms with Crippen LogP contribution >= 0.6 is 0 Å². The third-order valence-corrected chi connectivity index (χ3v) is 19.3. The van der Waals surface area contributed by atoms with Gasteiger partial charge in [-0.25, -0.2) is 24.0 Å². The Kier molecular flexibility index (Phi) is 39.3. The fourth-order valence-corrected chi connectivity index (χ4v) is 12.1. The number of nitrogens with one attached hydrogen (secondary N) is 5. The van der Waals surface area contributed by atoms with Crippen LogP contribution in [0.3, 0.4) is 0 Å². The number of hydrogen-bond acceptors (Lipinski definition) is 47. The Morgan fingerprint density at radius 2 is 0.630 bits per heavy atom. The van der Waals surface area contributed by atoms with Crippen LogP contribution in [0.2, 0.25) is 0 Å². The van der Waals surface area contributed by atoms with Crippen molar-refractivity contribution in [1.29, 1.82) is 0 Å². The molecule has 20 atom stereocenters. The summed E-state index contributed by atoms with van der Waals surface area (Å²) in [5.74, 6) is -2.99. The summed E-state index contributed by atoms with van der Waals surface area (Å²) in [5.41, 5.74) is 1.92. The maximum absolute atomic E-state index is 12.2. The number of carbonyl (C=O) groups is 5. The molecule has 10 rings (SSSR count). The molecule has 5 aliphatic rings. The van der Waals surface area contributed by atoms with Gasteiger partial charge < -0.3 is 108 Å². The molecule has 0 radical (unpaired) electrons. The third kappa shape index (κ3) is 28.9. The molecule has 0 aliphatic carbocycles. The van der Waals surface area contributed by atoms with Crippen molar-refractivity contribution in [2.45, 2.75) is 245 Å². The Morgan fingerprint density at radius 3 is 0.874 bits per heavy atom. The average molecular weight is 1820 g/mol. The summed E-state index contributed by atoms with van der Waals surface area (Å²) in [7, 11) is 0. The average Bonchev–Trinajstić information content (AvgIpc) is 1.68. The first-order valence-corrected chi connectivity index (χ1v) is 39.6. The van der Waals surface area contributed by atoms with Gasteiger partial charge in [-0.2, -0.15) is 24.9 Å². The van der Waals surface area contributed by atoms with Crippen molar-refractivity contribution in [2.24, 2.45) is 27.6 Å². The number of carbonyl (C=O) groups excluding carboxylic acids is 5. The van der Waals surface area contributed by atoms with Gasteiger partial charge in [-0.3, -0.25) is 100 Å². The first-order chi connectivity index (χ1) is 59.5. The highest BCUT2D eigenvalue weighted by Crippen LogP contribution is 2.35. The van der Waals surface area contributed by atoms with Gasteiger partial charge in [0.1, 0.15) is 118 Å². The van der Waals surface area contributed by atoms with E-state index in [2.05, 4.69) is 24.9 Å². The van der Waals surface area contributed by atoms with E-state index in [0.29, 0.717) is 0 Å². The molecule has 5 saturated heterocycles. The Labute approximate surface area is 722 Å². The van der Waals surface area contributed by atoms with Crippen LogP contribution in [0.1, 0.15) is 153 Å². The minimum atomic E-state index is -1.46. The molecule has 5 aromatic heterocycles. The zero-order valence-electron chi connectivity index (χ0n) is 71.6. The Hall–Kier alpha value is -10.1. The second-order valence-electron chi connectivity index (χ2n) is 33.3. The lowest BCUT2D eigenvalue weighted by molar-refractivity contribution is -0.170. The summed E-state index contributed by atoms with van der Waals surface area (Å²) in [6, 6.07) is 6.44. The highest BCUT2D eigenvalue weighted by Gasteiger charge is 2.50. The smallest absolute Gasteiger partial charge is 0.351 e.